The predicted octanol–water partition coefficient (Wildman–Crippen LogP) is 1.79. The molecule has 29 heavy (non-hydrogen) atoms. The second kappa shape index (κ2) is 7.20. The van der Waals surface area contributed by atoms with Crippen molar-refractivity contribution in [3.05, 3.63) is 48.3 Å². The summed E-state index contributed by atoms with van der Waals surface area (Å²) in [6.45, 7) is 2.08. The number of nitrogens with one attached hydrogen (secondary N) is 2. The van der Waals surface area contributed by atoms with E-state index in [9.17, 15) is 9.59 Å². The second-order valence-corrected chi connectivity index (χ2v) is 7.50. The summed E-state index contributed by atoms with van der Waals surface area (Å²) in [4.78, 5) is 31.8. The lowest BCUT2D eigenvalue weighted by Crippen LogP contribution is -2.41. The molecule has 1 aromatic carbocycles. The van der Waals surface area contributed by atoms with Gasteiger partial charge in [-0.15, -0.1) is 0 Å². The number of nitrogens with zero attached hydrogens (tertiary/aromatic N) is 4. The Bertz CT molecular complexity index is 1090. The fraction of sp³-hybridized carbons (Fsp3) is 0.333. The van der Waals surface area contributed by atoms with Gasteiger partial charge in [-0.25, -0.2) is 9.50 Å². The quantitative estimate of drug-likeness (QED) is 0.661. The highest BCUT2D eigenvalue weighted by atomic mass is 16.2. The summed E-state index contributed by atoms with van der Waals surface area (Å²) in [7, 11) is 0. The average Bonchev–Trinajstić information content (AvgIpc) is 3.51. The number of anilines is 1. The van der Waals surface area contributed by atoms with Crippen LogP contribution in [0.2, 0.25) is 0 Å². The fourth-order valence-corrected chi connectivity index (χ4v) is 3.64. The van der Waals surface area contributed by atoms with E-state index >= 15 is 0 Å². The van der Waals surface area contributed by atoms with Crippen LogP contribution in [-0.2, 0) is 4.79 Å². The molecule has 0 radical (unpaired) electrons. The number of amides is 2. The van der Waals surface area contributed by atoms with Crippen LogP contribution >= 0.6 is 0 Å². The molecule has 1 saturated carbocycles. The van der Waals surface area contributed by atoms with Gasteiger partial charge in [0.2, 0.25) is 5.91 Å². The molecule has 148 valence electrons. The van der Waals surface area contributed by atoms with E-state index in [1.54, 1.807) is 16.8 Å². The maximum Gasteiger partial charge on any atom is 0.251 e. The Morgan fingerprint density at radius 3 is 2.69 bits per heavy atom. The van der Waals surface area contributed by atoms with Crippen LogP contribution in [0.15, 0.2) is 42.7 Å². The summed E-state index contributed by atoms with van der Waals surface area (Å²) in [6.07, 6.45) is 5.54. The van der Waals surface area contributed by atoms with E-state index in [-0.39, 0.29) is 17.7 Å². The maximum atomic E-state index is 12.6. The van der Waals surface area contributed by atoms with Crippen LogP contribution < -0.4 is 10.6 Å². The average molecular weight is 390 g/mol. The Kier molecular flexibility index (Phi) is 4.38. The molecule has 0 saturated heterocycles. The van der Waals surface area contributed by atoms with Gasteiger partial charge < -0.3 is 15.5 Å². The number of carbonyl (C=O) groups is 2. The van der Waals surface area contributed by atoms with Gasteiger partial charge in [0.05, 0.1) is 6.20 Å². The second-order valence-electron chi connectivity index (χ2n) is 7.50. The number of rotatable bonds is 1. The fourth-order valence-electron chi connectivity index (χ4n) is 3.64. The molecule has 2 N–H and O–H groups in total. The monoisotopic (exact) mass is 390 g/mol. The van der Waals surface area contributed by atoms with Crippen molar-refractivity contribution in [3.8, 4) is 11.1 Å². The van der Waals surface area contributed by atoms with Crippen LogP contribution in [0.5, 0.6) is 0 Å². The summed E-state index contributed by atoms with van der Waals surface area (Å²) >= 11 is 0. The molecular formula is C21H22N6O2. The van der Waals surface area contributed by atoms with E-state index in [0.29, 0.717) is 37.4 Å². The lowest BCUT2D eigenvalue weighted by atomic mass is 10.1. The normalized spacial score (nSPS) is 17.4. The van der Waals surface area contributed by atoms with E-state index in [2.05, 4.69) is 15.7 Å². The van der Waals surface area contributed by atoms with Crippen molar-refractivity contribution in [2.75, 3.05) is 31.5 Å². The van der Waals surface area contributed by atoms with E-state index in [4.69, 9.17) is 4.98 Å². The van der Waals surface area contributed by atoms with Crippen LogP contribution in [-0.4, -0.2) is 57.5 Å². The van der Waals surface area contributed by atoms with Crippen molar-refractivity contribution in [2.45, 2.75) is 12.8 Å². The SMILES string of the molecule is O=C1NCCN(C(=O)C2CC2)CCNc2ccn3ncc(c3n2)-c2cccc1c2. The minimum absolute atomic E-state index is 0.147. The number of hydrogen-bond donors (Lipinski definition) is 2. The van der Waals surface area contributed by atoms with Crippen molar-refractivity contribution in [3.63, 3.8) is 0 Å². The number of benzene rings is 1. The smallest absolute Gasteiger partial charge is 0.251 e. The Morgan fingerprint density at radius 1 is 1.07 bits per heavy atom. The Balaban J connectivity index is 1.51. The molecule has 8 nitrogen and oxygen atoms in total. The maximum absolute atomic E-state index is 12.6. The van der Waals surface area contributed by atoms with Crippen molar-refractivity contribution < 1.29 is 9.59 Å². The van der Waals surface area contributed by atoms with Crippen LogP contribution in [0, 0.1) is 5.92 Å². The molecule has 0 atom stereocenters. The first-order chi connectivity index (χ1) is 14.2. The zero-order valence-corrected chi connectivity index (χ0v) is 16.0. The molecule has 4 bridgehead atoms. The Labute approximate surface area is 167 Å². The molecule has 1 fully saturated rings. The molecule has 3 heterocycles. The first kappa shape index (κ1) is 17.7. The minimum Gasteiger partial charge on any atom is -0.368 e. The van der Waals surface area contributed by atoms with Crippen LogP contribution in [0.1, 0.15) is 23.2 Å². The van der Waals surface area contributed by atoms with E-state index < -0.39 is 0 Å². The first-order valence-corrected chi connectivity index (χ1v) is 9.95. The topological polar surface area (TPSA) is 91.6 Å². The predicted molar refractivity (Wildman–Crippen MR) is 109 cm³/mol. The van der Waals surface area contributed by atoms with Crippen molar-refractivity contribution >= 4 is 23.3 Å². The van der Waals surface area contributed by atoms with Gasteiger partial charge in [0.25, 0.3) is 5.91 Å². The van der Waals surface area contributed by atoms with Gasteiger partial charge in [-0.05, 0) is 36.6 Å². The van der Waals surface area contributed by atoms with Gasteiger partial charge in [0, 0.05) is 49.4 Å². The molecule has 5 rings (SSSR count). The highest BCUT2D eigenvalue weighted by Crippen LogP contribution is 2.31. The Morgan fingerprint density at radius 2 is 1.86 bits per heavy atom. The summed E-state index contributed by atoms with van der Waals surface area (Å²) in [5.74, 6) is 0.907. The number of aromatic nitrogens is 3. The molecule has 2 aromatic heterocycles. The van der Waals surface area contributed by atoms with Crippen LogP contribution in [0.25, 0.3) is 16.8 Å². The summed E-state index contributed by atoms with van der Waals surface area (Å²) in [5.41, 5.74) is 3.04. The van der Waals surface area contributed by atoms with Gasteiger partial charge in [0.1, 0.15) is 5.82 Å². The zero-order chi connectivity index (χ0) is 19.8. The standard InChI is InChI=1S/C21H22N6O2/c28-20-16-3-1-2-15(12-16)17-13-24-27-9-6-18(25-19(17)27)22-7-10-26(11-8-23-20)21(29)14-4-5-14/h1-3,6,9,12-14H,4-5,7-8,10-11H2,(H,22,25)(H,23,28). The van der Waals surface area contributed by atoms with Crippen molar-refractivity contribution in [2.24, 2.45) is 5.92 Å². The molecule has 8 heteroatoms. The zero-order valence-electron chi connectivity index (χ0n) is 16.0. The van der Waals surface area contributed by atoms with Gasteiger partial charge in [-0.1, -0.05) is 12.1 Å². The van der Waals surface area contributed by atoms with E-state index in [0.717, 1.165) is 29.8 Å². The van der Waals surface area contributed by atoms with Gasteiger partial charge in [-0.3, -0.25) is 9.59 Å². The molecule has 0 spiro atoms. The lowest BCUT2D eigenvalue weighted by molar-refractivity contribution is -0.132. The minimum atomic E-state index is -0.149. The molecule has 1 aliphatic carbocycles. The summed E-state index contributed by atoms with van der Waals surface area (Å²) in [6, 6.07) is 9.31. The molecule has 3 aromatic rings. The van der Waals surface area contributed by atoms with E-state index in [1.807, 2.05) is 35.4 Å². The molecule has 2 amide bonds. The summed E-state index contributed by atoms with van der Waals surface area (Å²) < 4.78 is 1.72. The third kappa shape index (κ3) is 3.53. The molecule has 0 unspecified atom stereocenters. The van der Waals surface area contributed by atoms with Crippen LogP contribution in [0.3, 0.4) is 0 Å². The highest BCUT2D eigenvalue weighted by Gasteiger charge is 2.33. The van der Waals surface area contributed by atoms with E-state index in [1.165, 1.54) is 0 Å². The van der Waals surface area contributed by atoms with Crippen molar-refractivity contribution in [1.29, 1.82) is 0 Å². The first-order valence-electron chi connectivity index (χ1n) is 9.95. The molecular weight excluding hydrogens is 368 g/mol. The summed E-state index contributed by atoms with van der Waals surface area (Å²) in [5, 5.41) is 10.6. The lowest BCUT2D eigenvalue weighted by Gasteiger charge is -2.23. The highest BCUT2D eigenvalue weighted by molar-refractivity contribution is 5.96. The van der Waals surface area contributed by atoms with Crippen molar-refractivity contribution in [1.82, 2.24) is 24.8 Å². The largest absolute Gasteiger partial charge is 0.368 e. The Hall–Kier alpha value is -3.42. The number of carbonyl (C=O) groups excluding carboxylic acids is 2. The molecule has 1 aliphatic heterocycles. The third-order valence-electron chi connectivity index (χ3n) is 5.40. The number of hydrogen-bond acceptors (Lipinski definition) is 5. The van der Waals surface area contributed by atoms with Gasteiger partial charge in [-0.2, -0.15) is 5.10 Å². The van der Waals surface area contributed by atoms with Gasteiger partial charge in [0.15, 0.2) is 5.65 Å². The molecule has 2 aliphatic rings. The van der Waals surface area contributed by atoms with Gasteiger partial charge >= 0.3 is 0 Å². The van der Waals surface area contributed by atoms with Crippen LogP contribution in [0.4, 0.5) is 5.82 Å². The number of fused-ring (bicyclic) bond motifs is 4. The third-order valence-corrected chi connectivity index (χ3v) is 5.40.